The molecule has 2 unspecified atom stereocenters. The van der Waals surface area contributed by atoms with E-state index in [1.807, 2.05) is 6.07 Å². The van der Waals surface area contributed by atoms with Gasteiger partial charge >= 0.3 is 0 Å². The predicted molar refractivity (Wildman–Crippen MR) is 75.3 cm³/mol. The van der Waals surface area contributed by atoms with Gasteiger partial charge in [0.2, 0.25) is 0 Å². The van der Waals surface area contributed by atoms with Crippen LogP contribution in [0.25, 0.3) is 0 Å². The number of ether oxygens (including phenoxy) is 1. The Morgan fingerprint density at radius 1 is 1.67 bits per heavy atom. The fourth-order valence-corrected chi connectivity index (χ4v) is 2.56. The van der Waals surface area contributed by atoms with Crippen LogP contribution in [0, 0.1) is 0 Å². The number of hydrogen-bond donors (Lipinski definition) is 1. The Morgan fingerprint density at radius 2 is 2.56 bits per heavy atom. The first-order valence-corrected chi connectivity index (χ1v) is 7.21. The highest BCUT2D eigenvalue weighted by atomic mass is 79.9. The van der Waals surface area contributed by atoms with Crippen LogP contribution >= 0.6 is 27.5 Å². The molecule has 18 heavy (non-hydrogen) atoms. The fraction of sp³-hybridized carbons (Fsp3) is 0.636. The molecule has 1 saturated heterocycles. The molecule has 2 atom stereocenters. The van der Waals surface area contributed by atoms with E-state index in [-0.39, 0.29) is 10.3 Å². The quantitative estimate of drug-likeness (QED) is 0.653. The summed E-state index contributed by atoms with van der Waals surface area (Å²) in [6.07, 6.45) is 3.22. The van der Waals surface area contributed by atoms with Crippen LogP contribution in [0.15, 0.2) is 18.6 Å². The second kappa shape index (κ2) is 7.23. The second-order valence-electron chi connectivity index (χ2n) is 4.08. The van der Waals surface area contributed by atoms with Gasteiger partial charge in [-0.2, -0.15) is 0 Å². The van der Waals surface area contributed by atoms with Crippen molar-refractivity contribution in [2.75, 3.05) is 38.2 Å². The molecule has 100 valence electrons. The highest BCUT2D eigenvalue weighted by Gasteiger charge is 2.22. The number of alkyl halides is 2. The van der Waals surface area contributed by atoms with Gasteiger partial charge in [-0.1, -0.05) is 15.9 Å². The van der Waals surface area contributed by atoms with Crippen molar-refractivity contribution in [1.82, 2.24) is 14.9 Å². The van der Waals surface area contributed by atoms with E-state index in [0.29, 0.717) is 13.2 Å². The Hall–Kier alpha value is -0.430. The van der Waals surface area contributed by atoms with Gasteiger partial charge in [0, 0.05) is 25.8 Å². The molecule has 1 aliphatic rings. The second-order valence-corrected chi connectivity index (χ2v) is 5.75. The summed E-state index contributed by atoms with van der Waals surface area (Å²) in [5.41, 5.74) is 0. The Kier molecular flexibility index (Phi) is 5.62. The first-order chi connectivity index (χ1) is 8.75. The molecule has 1 aliphatic heterocycles. The van der Waals surface area contributed by atoms with Crippen molar-refractivity contribution < 1.29 is 4.74 Å². The zero-order valence-corrected chi connectivity index (χ0v) is 12.3. The molecule has 7 heteroatoms. The van der Waals surface area contributed by atoms with Crippen LogP contribution in [-0.2, 0) is 4.74 Å². The van der Waals surface area contributed by atoms with Crippen LogP contribution < -0.4 is 5.32 Å². The maximum absolute atomic E-state index is 6.32. The van der Waals surface area contributed by atoms with E-state index in [4.69, 9.17) is 16.3 Å². The van der Waals surface area contributed by atoms with Crippen molar-refractivity contribution in [3.8, 4) is 0 Å². The first kappa shape index (κ1) is 14.0. The zero-order valence-electron chi connectivity index (χ0n) is 9.93. The zero-order chi connectivity index (χ0) is 12.8. The van der Waals surface area contributed by atoms with Gasteiger partial charge in [-0.25, -0.2) is 9.97 Å². The molecule has 0 radical (unpaired) electrons. The van der Waals surface area contributed by atoms with Gasteiger partial charge in [-0.15, -0.1) is 11.6 Å². The lowest BCUT2D eigenvalue weighted by molar-refractivity contribution is 0.0276. The van der Waals surface area contributed by atoms with Crippen LogP contribution in [0.2, 0.25) is 0 Å². The monoisotopic (exact) mass is 334 g/mol. The molecular weight excluding hydrogens is 320 g/mol. The normalized spacial score (nSPS) is 22.7. The van der Waals surface area contributed by atoms with Gasteiger partial charge in [0.25, 0.3) is 0 Å². The molecule has 0 saturated carbocycles. The maximum atomic E-state index is 6.32. The molecule has 0 aliphatic carbocycles. The number of aromatic nitrogens is 2. The molecule has 0 bridgehead atoms. The molecule has 1 N–H and O–H groups in total. The molecule has 1 fully saturated rings. The van der Waals surface area contributed by atoms with Crippen molar-refractivity contribution in [1.29, 1.82) is 0 Å². The summed E-state index contributed by atoms with van der Waals surface area (Å²) in [6, 6.07) is 1.83. The van der Waals surface area contributed by atoms with Gasteiger partial charge in [-0.05, 0) is 6.07 Å². The van der Waals surface area contributed by atoms with E-state index in [1.54, 1.807) is 6.20 Å². The Morgan fingerprint density at radius 3 is 3.28 bits per heavy atom. The SMILES string of the molecule is ClC(CNc1ccncn1)CN1CCOCC1Br. The van der Waals surface area contributed by atoms with Gasteiger partial charge < -0.3 is 10.1 Å². The van der Waals surface area contributed by atoms with Crippen LogP contribution in [0.4, 0.5) is 5.82 Å². The average molecular weight is 336 g/mol. The lowest BCUT2D eigenvalue weighted by atomic mass is 10.3. The number of morpholine rings is 1. The Balaban J connectivity index is 1.73. The van der Waals surface area contributed by atoms with Crippen molar-refractivity contribution in [2.24, 2.45) is 0 Å². The van der Waals surface area contributed by atoms with E-state index in [1.165, 1.54) is 6.33 Å². The molecule has 0 aromatic carbocycles. The lowest BCUT2D eigenvalue weighted by Crippen LogP contribution is -2.45. The number of anilines is 1. The highest BCUT2D eigenvalue weighted by Crippen LogP contribution is 2.14. The summed E-state index contributed by atoms with van der Waals surface area (Å²) >= 11 is 9.90. The van der Waals surface area contributed by atoms with Crippen molar-refractivity contribution in [2.45, 2.75) is 10.3 Å². The van der Waals surface area contributed by atoms with Crippen LogP contribution in [0.5, 0.6) is 0 Å². The molecule has 5 nitrogen and oxygen atoms in total. The molecule has 2 rings (SSSR count). The summed E-state index contributed by atoms with van der Waals surface area (Å²) in [7, 11) is 0. The highest BCUT2D eigenvalue weighted by molar-refractivity contribution is 9.09. The topological polar surface area (TPSA) is 50.3 Å². The number of nitrogens with one attached hydrogen (secondary N) is 1. The number of nitrogens with zero attached hydrogens (tertiary/aromatic N) is 3. The van der Waals surface area contributed by atoms with Gasteiger partial charge in [0.1, 0.15) is 12.1 Å². The summed E-state index contributed by atoms with van der Waals surface area (Å²) in [6.45, 7) is 3.88. The van der Waals surface area contributed by atoms with E-state index >= 15 is 0 Å². The third kappa shape index (κ3) is 4.35. The third-order valence-electron chi connectivity index (χ3n) is 2.69. The fourth-order valence-electron chi connectivity index (χ4n) is 1.74. The largest absolute Gasteiger partial charge is 0.378 e. The smallest absolute Gasteiger partial charge is 0.129 e. The Bertz CT molecular complexity index is 356. The van der Waals surface area contributed by atoms with Crippen LogP contribution in [-0.4, -0.2) is 58.0 Å². The molecule has 0 amide bonds. The lowest BCUT2D eigenvalue weighted by Gasteiger charge is -2.33. The minimum atomic E-state index is 0.0260. The predicted octanol–water partition coefficient (Wildman–Crippen LogP) is 1.55. The number of hydrogen-bond acceptors (Lipinski definition) is 5. The summed E-state index contributed by atoms with van der Waals surface area (Å²) in [5, 5.41) is 3.22. The third-order valence-corrected chi connectivity index (χ3v) is 3.83. The molecular formula is C11H16BrClN4O. The Labute approximate surface area is 120 Å². The number of rotatable bonds is 5. The minimum absolute atomic E-state index is 0.0260. The van der Waals surface area contributed by atoms with Gasteiger partial charge in [0.15, 0.2) is 0 Å². The van der Waals surface area contributed by atoms with Crippen molar-refractivity contribution >= 4 is 33.3 Å². The molecule has 0 spiro atoms. The molecule has 1 aromatic heterocycles. The van der Waals surface area contributed by atoms with Crippen molar-refractivity contribution in [3.05, 3.63) is 18.6 Å². The molecule has 1 aromatic rings. The van der Waals surface area contributed by atoms with E-state index in [0.717, 1.165) is 25.5 Å². The summed E-state index contributed by atoms with van der Waals surface area (Å²) < 4.78 is 5.36. The van der Waals surface area contributed by atoms with E-state index in [9.17, 15) is 0 Å². The standard InChI is InChI=1S/C11H16BrClN4O/c12-10-7-18-4-3-17(10)6-9(13)5-15-11-1-2-14-8-16-11/h1-2,8-10H,3-7H2,(H,14,15,16). The van der Waals surface area contributed by atoms with Crippen molar-refractivity contribution in [3.63, 3.8) is 0 Å². The number of halogens is 2. The van der Waals surface area contributed by atoms with E-state index < -0.39 is 0 Å². The first-order valence-electron chi connectivity index (χ1n) is 5.85. The average Bonchev–Trinajstić information content (AvgIpc) is 2.40. The van der Waals surface area contributed by atoms with Gasteiger partial charge in [0.05, 0.1) is 23.5 Å². The van der Waals surface area contributed by atoms with Crippen LogP contribution in [0.3, 0.4) is 0 Å². The maximum Gasteiger partial charge on any atom is 0.129 e. The van der Waals surface area contributed by atoms with E-state index in [2.05, 4.69) is 36.1 Å². The minimum Gasteiger partial charge on any atom is -0.378 e. The molecule has 2 heterocycles. The van der Waals surface area contributed by atoms with Crippen LogP contribution in [0.1, 0.15) is 0 Å². The van der Waals surface area contributed by atoms with Gasteiger partial charge in [-0.3, -0.25) is 4.90 Å². The summed E-state index contributed by atoms with van der Waals surface area (Å²) in [4.78, 5) is 10.5. The summed E-state index contributed by atoms with van der Waals surface area (Å²) in [5.74, 6) is 0.799.